The zero-order chi connectivity index (χ0) is 20.5. The number of unbranched alkanes of at least 4 members (excludes halogenated alkanes) is 2. The Hall–Kier alpha value is -1.31. The summed E-state index contributed by atoms with van der Waals surface area (Å²) in [6.45, 7) is 2.32. The normalized spacial score (nSPS) is 30.2. The number of rotatable bonds is 10. The molecule has 0 radical (unpaired) electrons. The maximum Gasteiger partial charge on any atom is 0.306 e. The van der Waals surface area contributed by atoms with Crippen molar-refractivity contribution in [2.45, 2.75) is 109 Å². The molecular weight excluding hydrogens is 356 g/mol. The summed E-state index contributed by atoms with van der Waals surface area (Å²) in [4.78, 5) is 11.4. The number of benzene rings is 1. The second-order valence-corrected chi connectivity index (χ2v) is 10.0. The molecule has 1 aromatic carbocycles. The van der Waals surface area contributed by atoms with Crippen LogP contribution in [0.5, 0.6) is 0 Å². The van der Waals surface area contributed by atoms with Crippen molar-refractivity contribution in [2.24, 2.45) is 17.8 Å². The van der Waals surface area contributed by atoms with Gasteiger partial charge in [-0.1, -0.05) is 101 Å². The van der Waals surface area contributed by atoms with Crippen molar-refractivity contribution in [1.29, 1.82) is 0 Å². The van der Waals surface area contributed by atoms with Gasteiger partial charge in [0.1, 0.15) is 0 Å². The maximum atomic E-state index is 11.4. The zero-order valence-corrected chi connectivity index (χ0v) is 18.6. The lowest BCUT2D eigenvalue weighted by atomic mass is 9.64. The molecule has 162 valence electrons. The van der Waals surface area contributed by atoms with Crippen molar-refractivity contribution in [3.05, 3.63) is 35.9 Å². The van der Waals surface area contributed by atoms with Crippen LogP contribution in [0.1, 0.15) is 109 Å². The summed E-state index contributed by atoms with van der Waals surface area (Å²) in [7, 11) is 0. The van der Waals surface area contributed by atoms with Crippen LogP contribution in [0.4, 0.5) is 0 Å². The molecular formula is C27H42O2. The molecule has 2 aliphatic carbocycles. The fourth-order valence-corrected chi connectivity index (χ4v) is 6.18. The van der Waals surface area contributed by atoms with Crippen LogP contribution in [0.15, 0.2) is 30.3 Å². The Kier molecular flexibility index (Phi) is 8.63. The summed E-state index contributed by atoms with van der Waals surface area (Å²) in [5.41, 5.74) is 1.66. The number of carboxylic acid groups (broad SMARTS) is 1. The average Bonchev–Trinajstić information content (AvgIpc) is 2.76. The van der Waals surface area contributed by atoms with Gasteiger partial charge in [-0.2, -0.15) is 0 Å². The number of hydrogen-bond acceptors (Lipinski definition) is 1. The summed E-state index contributed by atoms with van der Waals surface area (Å²) < 4.78 is 0. The van der Waals surface area contributed by atoms with E-state index >= 15 is 0 Å². The van der Waals surface area contributed by atoms with Crippen molar-refractivity contribution >= 4 is 5.97 Å². The van der Waals surface area contributed by atoms with Gasteiger partial charge in [-0.25, -0.2) is 0 Å². The van der Waals surface area contributed by atoms with Gasteiger partial charge >= 0.3 is 5.97 Å². The molecule has 0 heterocycles. The lowest BCUT2D eigenvalue weighted by Crippen LogP contribution is -2.34. The first kappa shape index (κ1) is 22.4. The molecule has 0 aromatic heterocycles. The highest BCUT2D eigenvalue weighted by Gasteiger charge is 2.38. The first-order valence-corrected chi connectivity index (χ1v) is 12.4. The number of carbonyl (C=O) groups is 1. The molecule has 29 heavy (non-hydrogen) atoms. The molecule has 2 aliphatic rings. The summed E-state index contributed by atoms with van der Waals surface area (Å²) in [5.74, 6) is 1.27. The SMILES string of the molecule is CCCC1CCC(CCCCCC2(c3ccccc3)CCC(C(=O)O)CC2)CC1. The fraction of sp³-hybridized carbons (Fsp3) is 0.741. The Labute approximate surface area is 178 Å². The second kappa shape index (κ2) is 11.2. The van der Waals surface area contributed by atoms with Crippen molar-refractivity contribution in [2.75, 3.05) is 0 Å². The molecule has 0 amide bonds. The van der Waals surface area contributed by atoms with Crippen LogP contribution in [0.2, 0.25) is 0 Å². The molecule has 0 spiro atoms. The molecule has 2 saturated carbocycles. The van der Waals surface area contributed by atoms with Gasteiger partial charge < -0.3 is 5.11 Å². The minimum Gasteiger partial charge on any atom is -0.481 e. The standard InChI is InChI=1S/C27H42O2/c1-2-9-22-13-15-23(16-14-22)10-5-4-8-19-27(25-11-6-3-7-12-25)20-17-24(18-21-27)26(28)29/h3,6-7,11-12,22-24H,2,4-5,8-10,13-21H2,1H3,(H,28,29). The number of aliphatic carboxylic acids is 1. The smallest absolute Gasteiger partial charge is 0.306 e. The summed E-state index contributed by atoms with van der Waals surface area (Å²) >= 11 is 0. The highest BCUT2D eigenvalue weighted by atomic mass is 16.4. The van der Waals surface area contributed by atoms with E-state index in [1.54, 1.807) is 0 Å². The summed E-state index contributed by atoms with van der Waals surface area (Å²) in [5, 5.41) is 9.40. The van der Waals surface area contributed by atoms with Gasteiger partial charge in [-0.3, -0.25) is 4.79 Å². The lowest BCUT2D eigenvalue weighted by Gasteiger charge is -2.40. The van der Waals surface area contributed by atoms with Crippen LogP contribution in [0.25, 0.3) is 0 Å². The number of hydrogen-bond donors (Lipinski definition) is 1. The predicted molar refractivity (Wildman–Crippen MR) is 121 cm³/mol. The molecule has 0 aliphatic heterocycles. The van der Waals surface area contributed by atoms with E-state index in [1.165, 1.54) is 76.2 Å². The van der Waals surface area contributed by atoms with E-state index in [2.05, 4.69) is 37.3 Å². The minimum absolute atomic E-state index is 0.130. The molecule has 1 aromatic rings. The van der Waals surface area contributed by atoms with Gasteiger partial charge in [0, 0.05) is 0 Å². The van der Waals surface area contributed by atoms with Crippen LogP contribution in [-0.4, -0.2) is 11.1 Å². The zero-order valence-electron chi connectivity index (χ0n) is 18.6. The van der Waals surface area contributed by atoms with E-state index in [0.717, 1.165) is 37.5 Å². The first-order chi connectivity index (χ1) is 14.1. The molecule has 2 nitrogen and oxygen atoms in total. The van der Waals surface area contributed by atoms with E-state index < -0.39 is 5.97 Å². The lowest BCUT2D eigenvalue weighted by molar-refractivity contribution is -0.143. The van der Waals surface area contributed by atoms with E-state index in [4.69, 9.17) is 0 Å². The summed E-state index contributed by atoms with van der Waals surface area (Å²) in [6.07, 6.45) is 19.1. The van der Waals surface area contributed by atoms with Gasteiger partial charge in [0.2, 0.25) is 0 Å². The maximum absolute atomic E-state index is 11.4. The highest BCUT2D eigenvalue weighted by molar-refractivity contribution is 5.70. The first-order valence-electron chi connectivity index (χ1n) is 12.4. The Balaban J connectivity index is 1.43. The third-order valence-corrected chi connectivity index (χ3v) is 8.11. The van der Waals surface area contributed by atoms with Crippen molar-refractivity contribution in [3.8, 4) is 0 Å². The van der Waals surface area contributed by atoms with Crippen molar-refractivity contribution in [1.82, 2.24) is 0 Å². The molecule has 0 unspecified atom stereocenters. The molecule has 2 heteroatoms. The Bertz CT molecular complexity index is 592. The van der Waals surface area contributed by atoms with Gasteiger partial charge in [0.15, 0.2) is 0 Å². The predicted octanol–water partition coefficient (Wildman–Crippen LogP) is 7.76. The topological polar surface area (TPSA) is 37.3 Å². The van der Waals surface area contributed by atoms with E-state index in [-0.39, 0.29) is 11.3 Å². The molecule has 1 N–H and O–H groups in total. The van der Waals surface area contributed by atoms with E-state index in [0.29, 0.717) is 0 Å². The van der Waals surface area contributed by atoms with Crippen LogP contribution in [-0.2, 0) is 10.2 Å². The summed E-state index contributed by atoms with van der Waals surface area (Å²) in [6, 6.07) is 10.9. The molecule has 2 fully saturated rings. The van der Waals surface area contributed by atoms with Crippen molar-refractivity contribution < 1.29 is 9.90 Å². The van der Waals surface area contributed by atoms with Gasteiger partial charge in [0.05, 0.1) is 5.92 Å². The second-order valence-electron chi connectivity index (χ2n) is 10.0. The van der Waals surface area contributed by atoms with Gasteiger partial charge in [-0.15, -0.1) is 0 Å². The third-order valence-electron chi connectivity index (χ3n) is 8.11. The van der Waals surface area contributed by atoms with E-state index in [9.17, 15) is 9.90 Å². The van der Waals surface area contributed by atoms with Crippen molar-refractivity contribution in [3.63, 3.8) is 0 Å². The highest BCUT2D eigenvalue weighted by Crippen LogP contribution is 2.45. The Morgan fingerprint density at radius 3 is 2.10 bits per heavy atom. The van der Waals surface area contributed by atoms with Crippen LogP contribution in [0.3, 0.4) is 0 Å². The van der Waals surface area contributed by atoms with Crippen LogP contribution >= 0.6 is 0 Å². The molecule has 3 rings (SSSR count). The molecule has 0 atom stereocenters. The fourth-order valence-electron chi connectivity index (χ4n) is 6.18. The van der Waals surface area contributed by atoms with Gasteiger partial charge in [-0.05, 0) is 54.9 Å². The average molecular weight is 399 g/mol. The monoisotopic (exact) mass is 398 g/mol. The Morgan fingerprint density at radius 2 is 1.52 bits per heavy atom. The van der Waals surface area contributed by atoms with Crippen LogP contribution < -0.4 is 0 Å². The minimum atomic E-state index is -0.597. The number of carboxylic acids is 1. The largest absolute Gasteiger partial charge is 0.481 e. The van der Waals surface area contributed by atoms with E-state index in [1.807, 2.05) is 0 Å². The Morgan fingerprint density at radius 1 is 0.897 bits per heavy atom. The molecule has 0 bridgehead atoms. The van der Waals surface area contributed by atoms with Crippen LogP contribution in [0, 0.1) is 17.8 Å². The quantitative estimate of drug-likeness (QED) is 0.409. The third kappa shape index (κ3) is 6.33. The molecule has 0 saturated heterocycles. The van der Waals surface area contributed by atoms with Gasteiger partial charge in [0.25, 0.3) is 0 Å².